The predicted octanol–water partition coefficient (Wildman–Crippen LogP) is 3.16. The van der Waals surface area contributed by atoms with Crippen LogP contribution < -0.4 is 5.73 Å². The normalized spacial score (nSPS) is 11.9. The van der Waals surface area contributed by atoms with Crippen molar-refractivity contribution in [2.45, 2.75) is 19.4 Å². The molecular weight excluding hydrogens is 284 g/mol. The van der Waals surface area contributed by atoms with Crippen LogP contribution in [-0.4, -0.2) is 22.3 Å². The van der Waals surface area contributed by atoms with Gasteiger partial charge in [0.25, 0.3) is 5.91 Å². The maximum Gasteiger partial charge on any atom is 0.290 e. The summed E-state index contributed by atoms with van der Waals surface area (Å²) in [5.74, 6) is 0.160. The van der Waals surface area contributed by atoms with E-state index in [0.717, 1.165) is 5.56 Å². The maximum absolute atomic E-state index is 12.6. The zero-order chi connectivity index (χ0) is 15.2. The van der Waals surface area contributed by atoms with Crippen molar-refractivity contribution in [2.75, 3.05) is 6.54 Å². The first-order valence-corrected chi connectivity index (χ1v) is 7.18. The third kappa shape index (κ3) is 3.92. The summed E-state index contributed by atoms with van der Waals surface area (Å²) in [7, 11) is 0. The molecule has 0 spiro atoms. The molecule has 1 unspecified atom stereocenters. The summed E-state index contributed by atoms with van der Waals surface area (Å²) in [6, 6.07) is 13.1. The SMILES string of the molecule is CC(c1ccccc1)N(CCC(N)=S)C(=O)c1ccco1. The fraction of sp³-hybridized carbons (Fsp3) is 0.250. The number of nitrogens with two attached hydrogens (primary N) is 1. The van der Waals surface area contributed by atoms with E-state index in [1.165, 1.54) is 6.26 Å². The average Bonchev–Trinajstić information content (AvgIpc) is 3.02. The molecule has 0 saturated carbocycles. The number of nitrogens with zero attached hydrogens (tertiary/aromatic N) is 1. The van der Waals surface area contributed by atoms with Crippen LogP contribution in [0.3, 0.4) is 0 Å². The van der Waals surface area contributed by atoms with Crippen LogP contribution in [0.1, 0.15) is 35.5 Å². The third-order valence-corrected chi connectivity index (χ3v) is 3.55. The van der Waals surface area contributed by atoms with Crippen LogP contribution >= 0.6 is 12.2 Å². The first-order valence-electron chi connectivity index (χ1n) is 6.77. The summed E-state index contributed by atoms with van der Waals surface area (Å²) >= 11 is 4.92. The summed E-state index contributed by atoms with van der Waals surface area (Å²) < 4.78 is 5.21. The number of hydrogen-bond acceptors (Lipinski definition) is 3. The lowest BCUT2D eigenvalue weighted by molar-refractivity contribution is 0.0664. The second-order valence-corrected chi connectivity index (χ2v) is 5.30. The number of hydrogen-bond donors (Lipinski definition) is 1. The molecule has 0 saturated heterocycles. The Morgan fingerprint density at radius 2 is 2.00 bits per heavy atom. The summed E-state index contributed by atoms with van der Waals surface area (Å²) in [5, 5.41) is 0. The van der Waals surface area contributed by atoms with Gasteiger partial charge in [-0.2, -0.15) is 0 Å². The Morgan fingerprint density at radius 3 is 2.57 bits per heavy atom. The Morgan fingerprint density at radius 1 is 1.29 bits per heavy atom. The van der Waals surface area contributed by atoms with Gasteiger partial charge in [0.05, 0.1) is 17.3 Å². The molecule has 5 heteroatoms. The quantitative estimate of drug-likeness (QED) is 0.833. The van der Waals surface area contributed by atoms with Gasteiger partial charge in [0, 0.05) is 13.0 Å². The third-order valence-electron chi connectivity index (χ3n) is 3.34. The topological polar surface area (TPSA) is 59.5 Å². The molecule has 2 N–H and O–H groups in total. The van der Waals surface area contributed by atoms with Crippen molar-refractivity contribution in [3.8, 4) is 0 Å². The molecule has 1 amide bonds. The van der Waals surface area contributed by atoms with Gasteiger partial charge >= 0.3 is 0 Å². The molecule has 110 valence electrons. The first kappa shape index (κ1) is 15.3. The number of carbonyl (C=O) groups excluding carboxylic acids is 1. The van der Waals surface area contributed by atoms with Crippen LogP contribution in [0.2, 0.25) is 0 Å². The second kappa shape index (κ2) is 7.04. The largest absolute Gasteiger partial charge is 0.459 e. The van der Waals surface area contributed by atoms with E-state index >= 15 is 0 Å². The summed E-state index contributed by atoms with van der Waals surface area (Å²) in [6.07, 6.45) is 1.98. The van der Waals surface area contributed by atoms with Crippen LogP contribution in [0.4, 0.5) is 0 Å². The zero-order valence-corrected chi connectivity index (χ0v) is 12.7. The van der Waals surface area contributed by atoms with Crippen molar-refractivity contribution in [1.82, 2.24) is 4.90 Å². The molecule has 1 atom stereocenters. The standard InChI is InChI=1S/C16H18N2O2S/c1-12(13-6-3-2-4-7-13)18(10-9-15(17)21)16(19)14-8-5-11-20-14/h2-8,11-12H,9-10H2,1H3,(H2,17,21). The van der Waals surface area contributed by atoms with Crippen LogP contribution in [0.15, 0.2) is 53.1 Å². The lowest BCUT2D eigenvalue weighted by Gasteiger charge is -2.29. The van der Waals surface area contributed by atoms with Crippen molar-refractivity contribution in [2.24, 2.45) is 5.73 Å². The number of amides is 1. The van der Waals surface area contributed by atoms with Gasteiger partial charge in [-0.25, -0.2) is 0 Å². The van der Waals surface area contributed by atoms with Gasteiger partial charge in [0.15, 0.2) is 5.76 Å². The number of benzene rings is 1. The Balaban J connectivity index is 2.23. The van der Waals surface area contributed by atoms with E-state index in [0.29, 0.717) is 23.7 Å². The zero-order valence-electron chi connectivity index (χ0n) is 11.9. The van der Waals surface area contributed by atoms with Crippen LogP contribution in [-0.2, 0) is 0 Å². The minimum Gasteiger partial charge on any atom is -0.459 e. The maximum atomic E-state index is 12.6. The fourth-order valence-corrected chi connectivity index (χ4v) is 2.25. The Labute approximate surface area is 129 Å². The smallest absolute Gasteiger partial charge is 0.290 e. The summed E-state index contributed by atoms with van der Waals surface area (Å²) in [5.41, 5.74) is 6.62. The predicted molar refractivity (Wildman–Crippen MR) is 86.0 cm³/mol. The molecule has 2 aromatic rings. The number of rotatable bonds is 6. The molecule has 0 aliphatic carbocycles. The van der Waals surface area contributed by atoms with Crippen molar-refractivity contribution in [3.05, 3.63) is 60.1 Å². The second-order valence-electron chi connectivity index (χ2n) is 4.78. The molecule has 0 fully saturated rings. The molecule has 0 bridgehead atoms. The molecule has 21 heavy (non-hydrogen) atoms. The molecule has 4 nitrogen and oxygen atoms in total. The van der Waals surface area contributed by atoms with E-state index in [1.54, 1.807) is 17.0 Å². The minimum atomic E-state index is -0.160. The Bertz CT molecular complexity index is 596. The molecule has 1 aromatic carbocycles. The highest BCUT2D eigenvalue weighted by Gasteiger charge is 2.24. The lowest BCUT2D eigenvalue weighted by atomic mass is 10.1. The van der Waals surface area contributed by atoms with Gasteiger partial charge < -0.3 is 15.1 Å². The molecule has 0 radical (unpaired) electrons. The van der Waals surface area contributed by atoms with Crippen molar-refractivity contribution in [1.29, 1.82) is 0 Å². The molecule has 0 aliphatic heterocycles. The minimum absolute atomic E-state index is 0.0850. The number of furan rings is 1. The van der Waals surface area contributed by atoms with Crippen molar-refractivity contribution >= 4 is 23.1 Å². The van der Waals surface area contributed by atoms with E-state index in [4.69, 9.17) is 22.4 Å². The molecule has 0 aliphatic rings. The van der Waals surface area contributed by atoms with E-state index in [1.807, 2.05) is 37.3 Å². The highest BCUT2D eigenvalue weighted by molar-refractivity contribution is 7.80. The molecular formula is C16H18N2O2S. The van der Waals surface area contributed by atoms with Crippen LogP contribution in [0.25, 0.3) is 0 Å². The van der Waals surface area contributed by atoms with E-state index in [-0.39, 0.29) is 11.9 Å². The van der Waals surface area contributed by atoms with Crippen LogP contribution in [0.5, 0.6) is 0 Å². The molecule has 1 heterocycles. The fourth-order valence-electron chi connectivity index (χ4n) is 2.16. The molecule has 2 rings (SSSR count). The lowest BCUT2D eigenvalue weighted by Crippen LogP contribution is -2.35. The first-order chi connectivity index (χ1) is 10.1. The van der Waals surface area contributed by atoms with Gasteiger partial charge in [0.2, 0.25) is 0 Å². The number of thiocarbonyl (C=S) groups is 1. The molecule has 1 aromatic heterocycles. The van der Waals surface area contributed by atoms with Gasteiger partial charge in [-0.05, 0) is 24.6 Å². The van der Waals surface area contributed by atoms with E-state index in [9.17, 15) is 4.79 Å². The Hall–Kier alpha value is -2.14. The highest BCUT2D eigenvalue weighted by Crippen LogP contribution is 2.22. The summed E-state index contributed by atoms with van der Waals surface area (Å²) in [4.78, 5) is 14.7. The summed E-state index contributed by atoms with van der Waals surface area (Å²) in [6.45, 7) is 2.45. The number of carbonyl (C=O) groups is 1. The van der Waals surface area contributed by atoms with Gasteiger partial charge in [0.1, 0.15) is 0 Å². The van der Waals surface area contributed by atoms with E-state index in [2.05, 4.69) is 0 Å². The monoisotopic (exact) mass is 302 g/mol. The van der Waals surface area contributed by atoms with E-state index < -0.39 is 0 Å². The Kier molecular flexibility index (Phi) is 5.11. The van der Waals surface area contributed by atoms with Crippen molar-refractivity contribution in [3.63, 3.8) is 0 Å². The highest BCUT2D eigenvalue weighted by atomic mass is 32.1. The average molecular weight is 302 g/mol. The van der Waals surface area contributed by atoms with Crippen molar-refractivity contribution < 1.29 is 9.21 Å². The van der Waals surface area contributed by atoms with Gasteiger partial charge in [-0.15, -0.1) is 0 Å². The van der Waals surface area contributed by atoms with Gasteiger partial charge in [-0.1, -0.05) is 42.5 Å². The van der Waals surface area contributed by atoms with Crippen LogP contribution in [0, 0.1) is 0 Å². The van der Waals surface area contributed by atoms with Gasteiger partial charge in [-0.3, -0.25) is 4.79 Å².